The van der Waals surface area contributed by atoms with Gasteiger partial charge in [-0.1, -0.05) is 54.1 Å². The second-order valence-electron chi connectivity index (χ2n) is 6.95. The zero-order valence-corrected chi connectivity index (χ0v) is 15.4. The Hall–Kier alpha value is -2.94. The molecule has 0 fully saturated rings. The van der Waals surface area contributed by atoms with Crippen LogP contribution in [0.3, 0.4) is 0 Å². The molecule has 3 rings (SSSR count). The number of rotatable bonds is 4. The van der Waals surface area contributed by atoms with E-state index >= 15 is 0 Å². The molecule has 0 aromatic heterocycles. The van der Waals surface area contributed by atoms with Crippen molar-refractivity contribution in [3.05, 3.63) is 87.5 Å². The van der Waals surface area contributed by atoms with Gasteiger partial charge in [0.1, 0.15) is 17.2 Å². The molecule has 3 heteroatoms. The molecular formula is C23H24O3. The number of aromatic hydroxyl groups is 3. The van der Waals surface area contributed by atoms with E-state index in [1.807, 2.05) is 69.3 Å². The fraction of sp³-hybridized carbons (Fsp3) is 0.217. The van der Waals surface area contributed by atoms with Crippen molar-refractivity contribution < 1.29 is 15.3 Å². The number of phenols is 3. The minimum Gasteiger partial charge on any atom is -0.507 e. The van der Waals surface area contributed by atoms with E-state index in [1.54, 1.807) is 0 Å². The first kappa shape index (κ1) is 17.9. The van der Waals surface area contributed by atoms with E-state index in [-0.39, 0.29) is 17.2 Å². The number of phenolic OH excluding ortho intramolecular Hbond substituents is 3. The van der Waals surface area contributed by atoms with Crippen molar-refractivity contribution in [2.24, 2.45) is 0 Å². The third kappa shape index (κ3) is 3.52. The molecule has 0 amide bonds. The number of hydrogen-bond donors (Lipinski definition) is 3. The molecule has 0 aliphatic carbocycles. The summed E-state index contributed by atoms with van der Waals surface area (Å²) in [4.78, 5) is 0. The van der Waals surface area contributed by atoms with Crippen LogP contribution < -0.4 is 0 Å². The lowest BCUT2D eigenvalue weighted by molar-refractivity contribution is 0.455. The van der Waals surface area contributed by atoms with Crippen molar-refractivity contribution in [1.82, 2.24) is 0 Å². The molecule has 0 radical (unpaired) electrons. The Labute approximate surface area is 154 Å². The van der Waals surface area contributed by atoms with Crippen LogP contribution in [0, 0.1) is 20.8 Å². The van der Waals surface area contributed by atoms with Gasteiger partial charge in [-0.3, -0.25) is 0 Å². The van der Waals surface area contributed by atoms with Gasteiger partial charge >= 0.3 is 0 Å². The molecule has 0 saturated heterocycles. The normalized spacial score (nSPS) is 10.9. The van der Waals surface area contributed by atoms with Crippen LogP contribution in [0.25, 0.3) is 0 Å². The minimum atomic E-state index is 0.220. The third-order valence-corrected chi connectivity index (χ3v) is 4.82. The van der Waals surface area contributed by atoms with Crippen molar-refractivity contribution in [2.75, 3.05) is 0 Å². The molecule has 0 spiro atoms. The monoisotopic (exact) mass is 348 g/mol. The minimum absolute atomic E-state index is 0.220. The van der Waals surface area contributed by atoms with E-state index in [0.29, 0.717) is 12.8 Å². The molecule has 134 valence electrons. The molecule has 0 heterocycles. The van der Waals surface area contributed by atoms with Gasteiger partial charge in [0, 0.05) is 12.8 Å². The van der Waals surface area contributed by atoms with Crippen LogP contribution in [-0.4, -0.2) is 15.3 Å². The van der Waals surface area contributed by atoms with E-state index in [4.69, 9.17) is 0 Å². The SMILES string of the molecule is Cc1cc(Cc2cccc(C)c2O)c(O)c(Cc2cccc(C)c2O)c1. The van der Waals surface area contributed by atoms with Crippen molar-refractivity contribution >= 4 is 0 Å². The Morgan fingerprint density at radius 3 is 1.42 bits per heavy atom. The molecule has 3 N–H and O–H groups in total. The third-order valence-electron chi connectivity index (χ3n) is 4.82. The van der Waals surface area contributed by atoms with Gasteiger partial charge in [0.25, 0.3) is 0 Å². The highest BCUT2D eigenvalue weighted by molar-refractivity contribution is 5.51. The Balaban J connectivity index is 1.98. The van der Waals surface area contributed by atoms with Gasteiger partial charge in [-0.25, -0.2) is 0 Å². The summed E-state index contributed by atoms with van der Waals surface area (Å²) in [6.45, 7) is 5.71. The van der Waals surface area contributed by atoms with Gasteiger partial charge in [0.2, 0.25) is 0 Å². The number of benzene rings is 3. The fourth-order valence-electron chi connectivity index (χ4n) is 3.34. The molecule has 0 saturated carbocycles. The largest absolute Gasteiger partial charge is 0.507 e. The summed E-state index contributed by atoms with van der Waals surface area (Å²) in [5.41, 5.74) is 5.79. The fourth-order valence-corrected chi connectivity index (χ4v) is 3.34. The molecule has 0 unspecified atom stereocenters. The van der Waals surface area contributed by atoms with E-state index in [2.05, 4.69) is 0 Å². The summed E-state index contributed by atoms with van der Waals surface area (Å²) in [6.07, 6.45) is 0.904. The van der Waals surface area contributed by atoms with Crippen LogP contribution in [0.1, 0.15) is 38.9 Å². The van der Waals surface area contributed by atoms with Crippen molar-refractivity contribution in [3.63, 3.8) is 0 Å². The topological polar surface area (TPSA) is 60.7 Å². The van der Waals surface area contributed by atoms with Gasteiger partial charge in [0.15, 0.2) is 0 Å². The summed E-state index contributed by atoms with van der Waals surface area (Å²) < 4.78 is 0. The molecule has 3 aromatic carbocycles. The standard InChI is InChI=1S/C23H24O3/c1-14-10-19(12-17-8-4-6-15(2)21(17)24)23(26)20(11-14)13-18-9-5-7-16(3)22(18)25/h4-11,24-26H,12-13H2,1-3H3. The van der Waals surface area contributed by atoms with Gasteiger partial charge < -0.3 is 15.3 Å². The Kier molecular flexibility index (Phi) is 4.90. The first-order valence-electron chi connectivity index (χ1n) is 8.73. The van der Waals surface area contributed by atoms with Crippen LogP contribution in [0.2, 0.25) is 0 Å². The quantitative estimate of drug-likeness (QED) is 0.628. The Morgan fingerprint density at radius 1 is 0.577 bits per heavy atom. The highest BCUT2D eigenvalue weighted by atomic mass is 16.3. The second-order valence-corrected chi connectivity index (χ2v) is 6.95. The van der Waals surface area contributed by atoms with Crippen LogP contribution in [0.15, 0.2) is 48.5 Å². The van der Waals surface area contributed by atoms with Crippen LogP contribution in [-0.2, 0) is 12.8 Å². The lowest BCUT2D eigenvalue weighted by Crippen LogP contribution is -1.98. The van der Waals surface area contributed by atoms with Crippen molar-refractivity contribution in [1.29, 1.82) is 0 Å². The average molecular weight is 348 g/mol. The zero-order chi connectivity index (χ0) is 18.8. The van der Waals surface area contributed by atoms with E-state index in [0.717, 1.165) is 38.9 Å². The number of para-hydroxylation sites is 2. The van der Waals surface area contributed by atoms with Crippen molar-refractivity contribution in [2.45, 2.75) is 33.6 Å². The number of aryl methyl sites for hydroxylation is 3. The zero-order valence-electron chi connectivity index (χ0n) is 15.4. The Morgan fingerprint density at radius 2 is 1.00 bits per heavy atom. The predicted molar refractivity (Wildman–Crippen MR) is 104 cm³/mol. The number of hydrogen-bond acceptors (Lipinski definition) is 3. The molecule has 0 aliphatic rings. The van der Waals surface area contributed by atoms with Gasteiger partial charge in [-0.2, -0.15) is 0 Å². The van der Waals surface area contributed by atoms with E-state index < -0.39 is 0 Å². The van der Waals surface area contributed by atoms with Gasteiger partial charge in [0.05, 0.1) is 0 Å². The molecule has 3 nitrogen and oxygen atoms in total. The van der Waals surface area contributed by atoms with Gasteiger partial charge in [-0.15, -0.1) is 0 Å². The van der Waals surface area contributed by atoms with E-state index in [9.17, 15) is 15.3 Å². The summed E-state index contributed by atoms with van der Waals surface area (Å²) in [5, 5.41) is 31.3. The highest BCUT2D eigenvalue weighted by Crippen LogP contribution is 2.33. The molecule has 3 aromatic rings. The summed E-state index contributed by atoms with van der Waals surface area (Å²) >= 11 is 0. The molecule has 26 heavy (non-hydrogen) atoms. The smallest absolute Gasteiger partial charge is 0.122 e. The lowest BCUT2D eigenvalue weighted by atomic mass is 9.94. The average Bonchev–Trinajstić information content (AvgIpc) is 2.60. The summed E-state index contributed by atoms with van der Waals surface area (Å²) in [6, 6.07) is 15.2. The Bertz CT molecular complexity index is 883. The lowest BCUT2D eigenvalue weighted by Gasteiger charge is -2.14. The first-order chi connectivity index (χ1) is 12.4. The van der Waals surface area contributed by atoms with Gasteiger partial charge in [-0.05, 0) is 54.2 Å². The highest BCUT2D eigenvalue weighted by Gasteiger charge is 2.14. The maximum Gasteiger partial charge on any atom is 0.122 e. The summed E-state index contributed by atoms with van der Waals surface area (Å²) in [5.74, 6) is 0.759. The van der Waals surface area contributed by atoms with E-state index in [1.165, 1.54) is 0 Å². The van der Waals surface area contributed by atoms with Crippen molar-refractivity contribution in [3.8, 4) is 17.2 Å². The maximum atomic E-state index is 10.8. The second kappa shape index (κ2) is 7.12. The molecule has 0 aliphatic heterocycles. The van der Waals surface area contributed by atoms with Crippen LogP contribution in [0.5, 0.6) is 17.2 Å². The molecular weight excluding hydrogens is 324 g/mol. The maximum absolute atomic E-state index is 10.8. The first-order valence-corrected chi connectivity index (χ1v) is 8.73. The summed E-state index contributed by atoms with van der Waals surface area (Å²) in [7, 11) is 0. The van der Waals surface area contributed by atoms with Crippen LogP contribution >= 0.6 is 0 Å². The molecule has 0 atom stereocenters. The molecule has 0 bridgehead atoms. The predicted octanol–water partition coefficient (Wildman–Crippen LogP) is 4.91. The van der Waals surface area contributed by atoms with Crippen LogP contribution in [0.4, 0.5) is 0 Å².